The van der Waals surface area contributed by atoms with Gasteiger partial charge >= 0.3 is 0 Å². The van der Waals surface area contributed by atoms with Crippen LogP contribution in [0.2, 0.25) is 5.02 Å². The number of carbonyl (C=O) groups is 1. The van der Waals surface area contributed by atoms with Crippen molar-refractivity contribution in [3.8, 4) is 11.3 Å². The number of hydrogen-bond donors (Lipinski definition) is 0. The summed E-state index contributed by atoms with van der Waals surface area (Å²) in [5.74, 6) is 0. The lowest BCUT2D eigenvalue weighted by Gasteiger charge is -1.99. The zero-order valence-electron chi connectivity index (χ0n) is 8.14. The number of halogens is 1. The van der Waals surface area contributed by atoms with E-state index < -0.39 is 0 Å². The standard InChI is InChI=1S/C11H9ClN2O/c1-14-5-4-11(13-14)8-2-3-9(7-15)10(12)6-8/h2-7H,1H3. The molecule has 0 atom stereocenters. The third-order valence-corrected chi connectivity index (χ3v) is 2.46. The van der Waals surface area contributed by atoms with Crippen LogP contribution in [0.4, 0.5) is 0 Å². The molecule has 0 amide bonds. The molecule has 0 aliphatic carbocycles. The topological polar surface area (TPSA) is 34.9 Å². The monoisotopic (exact) mass is 220 g/mol. The Balaban J connectivity index is 2.46. The van der Waals surface area contributed by atoms with Gasteiger partial charge in [-0.25, -0.2) is 0 Å². The molecule has 0 saturated carbocycles. The van der Waals surface area contributed by atoms with Crippen LogP contribution in [0, 0.1) is 0 Å². The lowest BCUT2D eigenvalue weighted by Crippen LogP contribution is -1.88. The van der Waals surface area contributed by atoms with Gasteiger partial charge in [0.25, 0.3) is 0 Å². The van der Waals surface area contributed by atoms with Gasteiger partial charge in [-0.05, 0) is 18.2 Å². The molecule has 1 heterocycles. The van der Waals surface area contributed by atoms with E-state index in [1.807, 2.05) is 25.4 Å². The van der Waals surface area contributed by atoms with E-state index in [-0.39, 0.29) is 0 Å². The number of carbonyl (C=O) groups excluding carboxylic acids is 1. The largest absolute Gasteiger partial charge is 0.298 e. The van der Waals surface area contributed by atoms with E-state index in [1.54, 1.807) is 16.8 Å². The summed E-state index contributed by atoms with van der Waals surface area (Å²) in [6.45, 7) is 0. The van der Waals surface area contributed by atoms with Gasteiger partial charge in [-0.3, -0.25) is 9.48 Å². The maximum atomic E-state index is 10.6. The average molecular weight is 221 g/mol. The molecule has 4 heteroatoms. The molecule has 1 aromatic carbocycles. The van der Waals surface area contributed by atoms with E-state index in [0.29, 0.717) is 10.6 Å². The highest BCUT2D eigenvalue weighted by molar-refractivity contribution is 6.33. The first kappa shape index (κ1) is 9.93. The van der Waals surface area contributed by atoms with Crippen LogP contribution in [0.5, 0.6) is 0 Å². The molecule has 0 bridgehead atoms. The highest BCUT2D eigenvalue weighted by atomic mass is 35.5. The van der Waals surface area contributed by atoms with Crippen molar-refractivity contribution in [3.63, 3.8) is 0 Å². The Labute approximate surface area is 92.3 Å². The molecule has 3 nitrogen and oxygen atoms in total. The van der Waals surface area contributed by atoms with E-state index in [9.17, 15) is 4.79 Å². The quantitative estimate of drug-likeness (QED) is 0.729. The Morgan fingerprint density at radius 1 is 1.40 bits per heavy atom. The van der Waals surface area contributed by atoms with Crippen molar-refractivity contribution in [2.45, 2.75) is 0 Å². The molecule has 0 aliphatic rings. The summed E-state index contributed by atoms with van der Waals surface area (Å²) in [6, 6.07) is 7.16. The normalized spacial score (nSPS) is 10.3. The number of benzene rings is 1. The van der Waals surface area contributed by atoms with Crippen molar-refractivity contribution >= 4 is 17.9 Å². The fourth-order valence-electron chi connectivity index (χ4n) is 1.35. The lowest BCUT2D eigenvalue weighted by atomic mass is 10.1. The third kappa shape index (κ3) is 1.92. The van der Waals surface area contributed by atoms with Crippen molar-refractivity contribution < 1.29 is 4.79 Å². The van der Waals surface area contributed by atoms with Gasteiger partial charge in [-0.1, -0.05) is 17.7 Å². The van der Waals surface area contributed by atoms with E-state index in [4.69, 9.17) is 11.6 Å². The fraction of sp³-hybridized carbons (Fsp3) is 0.0909. The van der Waals surface area contributed by atoms with Crippen LogP contribution in [-0.2, 0) is 7.05 Å². The van der Waals surface area contributed by atoms with Gasteiger partial charge in [0.1, 0.15) is 0 Å². The summed E-state index contributed by atoms with van der Waals surface area (Å²) in [7, 11) is 1.85. The van der Waals surface area contributed by atoms with E-state index in [2.05, 4.69) is 5.10 Å². The Kier molecular flexibility index (Phi) is 2.56. The number of hydrogen-bond acceptors (Lipinski definition) is 2. The van der Waals surface area contributed by atoms with Crippen LogP contribution in [0.15, 0.2) is 30.5 Å². The van der Waals surface area contributed by atoms with Crippen molar-refractivity contribution in [1.29, 1.82) is 0 Å². The Morgan fingerprint density at radius 3 is 2.73 bits per heavy atom. The summed E-state index contributed by atoms with van der Waals surface area (Å²) in [5, 5.41) is 4.70. The molecule has 15 heavy (non-hydrogen) atoms. The smallest absolute Gasteiger partial charge is 0.151 e. The van der Waals surface area contributed by atoms with Crippen LogP contribution in [0.3, 0.4) is 0 Å². The second kappa shape index (κ2) is 3.87. The van der Waals surface area contributed by atoms with Gasteiger partial charge in [0, 0.05) is 24.4 Å². The Morgan fingerprint density at radius 2 is 2.20 bits per heavy atom. The van der Waals surface area contributed by atoms with E-state index >= 15 is 0 Å². The van der Waals surface area contributed by atoms with Crippen molar-refractivity contribution in [1.82, 2.24) is 9.78 Å². The molecule has 1 aromatic heterocycles. The van der Waals surface area contributed by atoms with Crippen molar-refractivity contribution in [2.75, 3.05) is 0 Å². The zero-order valence-corrected chi connectivity index (χ0v) is 8.90. The average Bonchev–Trinajstić information content (AvgIpc) is 2.65. The van der Waals surface area contributed by atoms with Gasteiger partial charge in [0.15, 0.2) is 6.29 Å². The predicted molar refractivity (Wildman–Crippen MR) is 59.0 cm³/mol. The summed E-state index contributed by atoms with van der Waals surface area (Å²) in [4.78, 5) is 10.6. The number of nitrogens with zero attached hydrogens (tertiary/aromatic N) is 2. The first-order valence-electron chi connectivity index (χ1n) is 4.45. The summed E-state index contributed by atoms with van der Waals surface area (Å²) < 4.78 is 1.72. The van der Waals surface area contributed by atoms with Crippen LogP contribution in [0.1, 0.15) is 10.4 Å². The first-order valence-corrected chi connectivity index (χ1v) is 4.83. The summed E-state index contributed by atoms with van der Waals surface area (Å²) in [6.07, 6.45) is 2.60. The number of aryl methyl sites for hydroxylation is 1. The SMILES string of the molecule is Cn1ccc(-c2ccc(C=O)c(Cl)c2)n1. The van der Waals surface area contributed by atoms with Crippen LogP contribution in [-0.4, -0.2) is 16.1 Å². The molecule has 0 unspecified atom stereocenters. The van der Waals surface area contributed by atoms with Gasteiger partial charge in [-0.2, -0.15) is 5.10 Å². The van der Waals surface area contributed by atoms with Gasteiger partial charge in [-0.15, -0.1) is 0 Å². The molecule has 0 N–H and O–H groups in total. The van der Waals surface area contributed by atoms with Gasteiger partial charge in [0.2, 0.25) is 0 Å². The predicted octanol–water partition coefficient (Wildman–Crippen LogP) is 2.55. The minimum Gasteiger partial charge on any atom is -0.298 e. The second-order valence-electron chi connectivity index (χ2n) is 3.23. The Hall–Kier alpha value is -1.61. The summed E-state index contributed by atoms with van der Waals surface area (Å²) in [5.41, 5.74) is 2.25. The highest BCUT2D eigenvalue weighted by Gasteiger charge is 2.04. The molecule has 0 radical (unpaired) electrons. The first-order chi connectivity index (χ1) is 7.20. The third-order valence-electron chi connectivity index (χ3n) is 2.14. The van der Waals surface area contributed by atoms with Gasteiger partial charge in [0.05, 0.1) is 10.7 Å². The molecule has 0 saturated heterocycles. The van der Waals surface area contributed by atoms with E-state index in [0.717, 1.165) is 17.5 Å². The van der Waals surface area contributed by atoms with Crippen molar-refractivity contribution in [2.24, 2.45) is 7.05 Å². The maximum absolute atomic E-state index is 10.6. The van der Waals surface area contributed by atoms with Gasteiger partial charge < -0.3 is 0 Å². The minimum atomic E-state index is 0.452. The van der Waals surface area contributed by atoms with Crippen LogP contribution < -0.4 is 0 Å². The number of rotatable bonds is 2. The molecule has 0 fully saturated rings. The Bertz CT molecular complexity index is 505. The molecular formula is C11H9ClN2O. The molecule has 0 spiro atoms. The van der Waals surface area contributed by atoms with Crippen LogP contribution in [0.25, 0.3) is 11.3 Å². The van der Waals surface area contributed by atoms with Crippen molar-refractivity contribution in [3.05, 3.63) is 41.0 Å². The highest BCUT2D eigenvalue weighted by Crippen LogP contribution is 2.23. The molecule has 76 valence electrons. The van der Waals surface area contributed by atoms with Crippen LogP contribution >= 0.6 is 11.6 Å². The molecule has 2 rings (SSSR count). The minimum absolute atomic E-state index is 0.452. The van der Waals surface area contributed by atoms with E-state index in [1.165, 1.54) is 0 Å². The molecule has 2 aromatic rings. The lowest BCUT2D eigenvalue weighted by molar-refractivity contribution is 0.112. The second-order valence-corrected chi connectivity index (χ2v) is 3.64. The molecular weight excluding hydrogens is 212 g/mol. The fourth-order valence-corrected chi connectivity index (χ4v) is 1.58. The maximum Gasteiger partial charge on any atom is 0.151 e. The number of aromatic nitrogens is 2. The summed E-state index contributed by atoms with van der Waals surface area (Å²) >= 11 is 5.92. The number of aldehydes is 1. The molecule has 0 aliphatic heterocycles. The zero-order chi connectivity index (χ0) is 10.8.